The van der Waals surface area contributed by atoms with E-state index < -0.39 is 0 Å². The first kappa shape index (κ1) is 15.0. The number of aromatic hydroxyl groups is 1. The van der Waals surface area contributed by atoms with Gasteiger partial charge in [0.2, 0.25) is 0 Å². The van der Waals surface area contributed by atoms with Gasteiger partial charge < -0.3 is 16.2 Å². The summed E-state index contributed by atoms with van der Waals surface area (Å²) in [6.45, 7) is 2.13. The Bertz CT molecular complexity index is 698. The van der Waals surface area contributed by atoms with Gasteiger partial charge in [-0.2, -0.15) is 0 Å². The van der Waals surface area contributed by atoms with Gasteiger partial charge in [0.05, 0.1) is 0 Å². The predicted octanol–water partition coefficient (Wildman–Crippen LogP) is 2.26. The van der Waals surface area contributed by atoms with Gasteiger partial charge in [-0.1, -0.05) is 30.4 Å². The van der Waals surface area contributed by atoms with Gasteiger partial charge in [0.25, 0.3) is 5.91 Å². The van der Waals surface area contributed by atoms with Crippen molar-refractivity contribution in [1.82, 2.24) is 5.32 Å². The van der Waals surface area contributed by atoms with Crippen LogP contribution in [0.2, 0.25) is 0 Å². The molecule has 108 valence electrons. The third-order valence-electron chi connectivity index (χ3n) is 3.12. The molecule has 0 unspecified atom stereocenters. The molecule has 4 nitrogen and oxygen atoms in total. The number of phenolic OH excluding ortho intramolecular Hbond substituents is 1. The Hall–Kier alpha value is -2.40. The summed E-state index contributed by atoms with van der Waals surface area (Å²) >= 11 is 4.93. The number of nitrogens with one attached hydrogen (secondary N) is 1. The number of amides is 1. The van der Waals surface area contributed by atoms with Crippen molar-refractivity contribution in [3.05, 3.63) is 64.7 Å². The molecule has 0 aliphatic rings. The molecular formula is C16H16N2O2S. The number of carbonyl (C=O) groups excluding carboxylic acids is 1. The van der Waals surface area contributed by atoms with Crippen molar-refractivity contribution < 1.29 is 9.90 Å². The van der Waals surface area contributed by atoms with Gasteiger partial charge in [0.1, 0.15) is 10.7 Å². The lowest BCUT2D eigenvalue weighted by Crippen LogP contribution is -2.23. The highest BCUT2D eigenvalue weighted by atomic mass is 32.1. The Morgan fingerprint density at radius 2 is 2.00 bits per heavy atom. The summed E-state index contributed by atoms with van der Waals surface area (Å²) in [5.74, 6) is -0.0189. The molecule has 0 heterocycles. The van der Waals surface area contributed by atoms with Gasteiger partial charge >= 0.3 is 0 Å². The summed E-state index contributed by atoms with van der Waals surface area (Å²) in [5.41, 5.74) is 8.45. The summed E-state index contributed by atoms with van der Waals surface area (Å²) in [6.07, 6.45) is 0. The second-order valence-electron chi connectivity index (χ2n) is 4.75. The van der Waals surface area contributed by atoms with Crippen LogP contribution in [0.1, 0.15) is 27.0 Å². The second-order valence-corrected chi connectivity index (χ2v) is 5.19. The van der Waals surface area contributed by atoms with E-state index in [0.717, 1.165) is 11.1 Å². The first-order valence-electron chi connectivity index (χ1n) is 6.44. The van der Waals surface area contributed by atoms with E-state index in [1.54, 1.807) is 19.1 Å². The van der Waals surface area contributed by atoms with E-state index in [1.807, 2.05) is 24.3 Å². The highest BCUT2D eigenvalue weighted by Crippen LogP contribution is 2.17. The van der Waals surface area contributed by atoms with Gasteiger partial charge in [-0.25, -0.2) is 0 Å². The lowest BCUT2D eigenvalue weighted by atomic mass is 10.1. The number of aryl methyl sites for hydroxylation is 1. The van der Waals surface area contributed by atoms with Crippen molar-refractivity contribution in [2.24, 2.45) is 5.73 Å². The number of hydrogen-bond donors (Lipinski definition) is 3. The van der Waals surface area contributed by atoms with Crippen molar-refractivity contribution >= 4 is 23.1 Å². The van der Waals surface area contributed by atoms with Gasteiger partial charge in [0.15, 0.2) is 0 Å². The number of nitrogens with two attached hydrogens (primary N) is 1. The van der Waals surface area contributed by atoms with Crippen LogP contribution in [-0.2, 0) is 6.54 Å². The first-order chi connectivity index (χ1) is 9.97. The van der Waals surface area contributed by atoms with E-state index in [0.29, 0.717) is 22.7 Å². The molecule has 5 heteroatoms. The normalized spacial score (nSPS) is 10.1. The second kappa shape index (κ2) is 6.37. The first-order valence-corrected chi connectivity index (χ1v) is 6.85. The zero-order chi connectivity index (χ0) is 15.4. The van der Waals surface area contributed by atoms with Gasteiger partial charge in [-0.15, -0.1) is 0 Å². The van der Waals surface area contributed by atoms with Gasteiger partial charge in [-0.3, -0.25) is 4.79 Å². The van der Waals surface area contributed by atoms with Crippen LogP contribution in [0.4, 0.5) is 0 Å². The van der Waals surface area contributed by atoms with Crippen molar-refractivity contribution in [3.8, 4) is 5.75 Å². The van der Waals surface area contributed by atoms with Crippen LogP contribution in [0.5, 0.6) is 5.75 Å². The highest BCUT2D eigenvalue weighted by Gasteiger charge is 2.07. The molecule has 0 fully saturated rings. The highest BCUT2D eigenvalue weighted by molar-refractivity contribution is 7.80. The van der Waals surface area contributed by atoms with Crippen molar-refractivity contribution in [3.63, 3.8) is 0 Å². The molecule has 0 atom stereocenters. The molecule has 0 spiro atoms. The molecule has 0 bridgehead atoms. The molecule has 2 rings (SSSR count). The molecule has 2 aromatic rings. The summed E-state index contributed by atoms with van der Waals surface area (Å²) in [4.78, 5) is 12.4. The molecule has 0 radical (unpaired) electrons. The Labute approximate surface area is 128 Å². The predicted molar refractivity (Wildman–Crippen MR) is 86.3 cm³/mol. The number of hydrogen-bond acceptors (Lipinski definition) is 3. The van der Waals surface area contributed by atoms with Crippen LogP contribution >= 0.6 is 12.2 Å². The summed E-state index contributed by atoms with van der Waals surface area (Å²) < 4.78 is 0. The molecule has 21 heavy (non-hydrogen) atoms. The number of benzene rings is 2. The smallest absolute Gasteiger partial charge is 0.251 e. The monoisotopic (exact) mass is 300 g/mol. The average Bonchev–Trinajstić information content (AvgIpc) is 2.48. The maximum Gasteiger partial charge on any atom is 0.251 e. The quantitative estimate of drug-likeness (QED) is 0.757. The lowest BCUT2D eigenvalue weighted by Gasteiger charge is -2.08. The molecule has 0 saturated carbocycles. The SMILES string of the molecule is Cc1cc(C(=O)NCc2cccc(C(N)=S)c2)ccc1O. The van der Waals surface area contributed by atoms with Crippen LogP contribution in [0.25, 0.3) is 0 Å². The van der Waals surface area contributed by atoms with E-state index in [9.17, 15) is 9.90 Å². The van der Waals surface area contributed by atoms with Crippen molar-refractivity contribution in [2.45, 2.75) is 13.5 Å². The third-order valence-corrected chi connectivity index (χ3v) is 3.36. The summed E-state index contributed by atoms with van der Waals surface area (Å²) in [6, 6.07) is 12.2. The number of phenols is 1. The zero-order valence-electron chi connectivity index (χ0n) is 11.6. The van der Waals surface area contributed by atoms with Crippen LogP contribution < -0.4 is 11.1 Å². The fourth-order valence-electron chi connectivity index (χ4n) is 1.92. The third kappa shape index (κ3) is 3.79. The molecule has 0 aliphatic carbocycles. The Morgan fingerprint density at radius 3 is 2.67 bits per heavy atom. The zero-order valence-corrected chi connectivity index (χ0v) is 12.4. The minimum absolute atomic E-state index is 0.177. The number of carbonyl (C=O) groups is 1. The van der Waals surface area contributed by atoms with E-state index >= 15 is 0 Å². The van der Waals surface area contributed by atoms with E-state index in [-0.39, 0.29) is 11.7 Å². The summed E-state index contributed by atoms with van der Waals surface area (Å²) in [5, 5.41) is 12.3. The summed E-state index contributed by atoms with van der Waals surface area (Å²) in [7, 11) is 0. The van der Waals surface area contributed by atoms with E-state index in [4.69, 9.17) is 18.0 Å². The van der Waals surface area contributed by atoms with Crippen molar-refractivity contribution in [2.75, 3.05) is 0 Å². The molecule has 0 saturated heterocycles. The van der Waals surface area contributed by atoms with Crippen LogP contribution in [0.3, 0.4) is 0 Å². The Balaban J connectivity index is 2.05. The maximum atomic E-state index is 12.1. The topological polar surface area (TPSA) is 75.4 Å². The molecule has 0 aliphatic heterocycles. The number of rotatable bonds is 4. The maximum absolute atomic E-state index is 12.1. The fourth-order valence-corrected chi connectivity index (χ4v) is 2.04. The lowest BCUT2D eigenvalue weighted by molar-refractivity contribution is 0.0951. The molecule has 4 N–H and O–H groups in total. The molecule has 0 aromatic heterocycles. The molecular weight excluding hydrogens is 284 g/mol. The number of thiocarbonyl (C=S) groups is 1. The molecule has 1 amide bonds. The average molecular weight is 300 g/mol. The largest absolute Gasteiger partial charge is 0.508 e. The minimum Gasteiger partial charge on any atom is -0.508 e. The van der Waals surface area contributed by atoms with Gasteiger partial charge in [-0.05, 0) is 42.3 Å². The Kier molecular flexibility index (Phi) is 4.55. The standard InChI is InChI=1S/C16H16N2O2S/c1-10-7-13(5-6-14(10)19)16(20)18-9-11-3-2-4-12(8-11)15(17)21/h2-8,19H,9H2,1H3,(H2,17,21)(H,18,20). The van der Waals surface area contributed by atoms with E-state index in [1.165, 1.54) is 6.07 Å². The van der Waals surface area contributed by atoms with Crippen molar-refractivity contribution in [1.29, 1.82) is 0 Å². The minimum atomic E-state index is -0.196. The fraction of sp³-hybridized carbons (Fsp3) is 0.125. The van der Waals surface area contributed by atoms with Crippen LogP contribution in [0, 0.1) is 6.92 Å². The van der Waals surface area contributed by atoms with Crippen LogP contribution in [0.15, 0.2) is 42.5 Å². The Morgan fingerprint density at radius 1 is 1.24 bits per heavy atom. The van der Waals surface area contributed by atoms with Gasteiger partial charge in [0, 0.05) is 17.7 Å². The van der Waals surface area contributed by atoms with Crippen LogP contribution in [-0.4, -0.2) is 16.0 Å². The van der Waals surface area contributed by atoms with E-state index in [2.05, 4.69) is 5.32 Å². The molecule has 2 aromatic carbocycles.